The summed E-state index contributed by atoms with van der Waals surface area (Å²) in [6.45, 7) is 8.33. The first-order chi connectivity index (χ1) is 8.54. The summed E-state index contributed by atoms with van der Waals surface area (Å²) in [5.41, 5.74) is 0. The zero-order valence-electron chi connectivity index (χ0n) is 12.5. The lowest BCUT2D eigenvalue weighted by atomic mass is 10.1. The van der Waals surface area contributed by atoms with Crippen LogP contribution < -0.4 is 10.6 Å². The number of aryl methyl sites for hydroxylation is 1. The van der Waals surface area contributed by atoms with Gasteiger partial charge in [-0.3, -0.25) is 4.79 Å². The zero-order valence-corrected chi connectivity index (χ0v) is 14.2. The topological polar surface area (TPSA) is 59.0 Å². The summed E-state index contributed by atoms with van der Waals surface area (Å²) in [6.07, 6.45) is 3.77. The molecule has 5 nitrogen and oxygen atoms in total. The molecule has 0 aromatic carbocycles. The van der Waals surface area contributed by atoms with Crippen molar-refractivity contribution in [1.29, 1.82) is 0 Å². The number of rotatable bonds is 7. The van der Waals surface area contributed by atoms with E-state index >= 15 is 0 Å². The first kappa shape index (κ1) is 21.5. The van der Waals surface area contributed by atoms with E-state index in [1.54, 1.807) is 6.20 Å². The molecule has 0 aliphatic rings. The summed E-state index contributed by atoms with van der Waals surface area (Å²) in [5.74, 6) is 1.52. The second kappa shape index (κ2) is 10.9. The molecule has 1 rings (SSSR count). The van der Waals surface area contributed by atoms with Crippen molar-refractivity contribution >= 4 is 30.7 Å². The number of aromatic nitrogens is 2. The van der Waals surface area contributed by atoms with Crippen LogP contribution in [0.5, 0.6) is 0 Å². The fourth-order valence-electron chi connectivity index (χ4n) is 1.84. The monoisotopic (exact) mass is 324 g/mol. The standard InChI is InChI=1S/C13H24N4O.2ClH/c1-10(9-17-6-5-15-12(17)3)7-16-13(18)11(2)8-14-4;;/h5-6,10-11,14H,7-9H2,1-4H3,(H,16,18);2*1H. The highest BCUT2D eigenvalue weighted by Crippen LogP contribution is 2.03. The van der Waals surface area contributed by atoms with Crippen LogP contribution in [0.4, 0.5) is 0 Å². The average Bonchev–Trinajstić information content (AvgIpc) is 2.72. The van der Waals surface area contributed by atoms with E-state index in [0.717, 1.165) is 12.4 Å². The van der Waals surface area contributed by atoms with Crippen molar-refractivity contribution in [3.05, 3.63) is 18.2 Å². The molecule has 0 spiro atoms. The van der Waals surface area contributed by atoms with E-state index in [4.69, 9.17) is 0 Å². The highest BCUT2D eigenvalue weighted by molar-refractivity contribution is 5.85. The van der Waals surface area contributed by atoms with Crippen LogP contribution in [0.25, 0.3) is 0 Å². The van der Waals surface area contributed by atoms with Crippen LogP contribution in [-0.4, -0.2) is 35.6 Å². The van der Waals surface area contributed by atoms with Gasteiger partial charge in [0.1, 0.15) is 5.82 Å². The van der Waals surface area contributed by atoms with Crippen LogP contribution >= 0.6 is 24.8 Å². The van der Waals surface area contributed by atoms with Gasteiger partial charge in [0.15, 0.2) is 0 Å². The Hall–Kier alpha value is -0.780. The van der Waals surface area contributed by atoms with E-state index in [2.05, 4.69) is 27.1 Å². The minimum Gasteiger partial charge on any atom is -0.355 e. The normalized spacial score (nSPS) is 12.8. The van der Waals surface area contributed by atoms with Gasteiger partial charge in [-0.25, -0.2) is 4.98 Å². The highest BCUT2D eigenvalue weighted by Gasteiger charge is 2.13. The molecule has 7 heteroatoms. The molecule has 1 aromatic heterocycles. The van der Waals surface area contributed by atoms with Gasteiger partial charge in [-0.05, 0) is 19.9 Å². The molecule has 20 heavy (non-hydrogen) atoms. The Labute approximate surface area is 133 Å². The maximum atomic E-state index is 11.7. The molecule has 2 atom stereocenters. The van der Waals surface area contributed by atoms with Gasteiger partial charge in [0, 0.05) is 37.9 Å². The van der Waals surface area contributed by atoms with Gasteiger partial charge >= 0.3 is 0 Å². The molecule has 1 amide bonds. The highest BCUT2D eigenvalue weighted by atomic mass is 35.5. The van der Waals surface area contributed by atoms with E-state index in [0.29, 0.717) is 19.0 Å². The number of halogens is 2. The molecule has 0 aliphatic heterocycles. The fraction of sp³-hybridized carbons (Fsp3) is 0.692. The van der Waals surface area contributed by atoms with Gasteiger partial charge in [0.25, 0.3) is 0 Å². The predicted octanol–water partition coefficient (Wildman–Crippen LogP) is 1.64. The number of nitrogens with zero attached hydrogens (tertiary/aromatic N) is 2. The molecule has 118 valence electrons. The van der Waals surface area contributed by atoms with Gasteiger partial charge in [-0.2, -0.15) is 0 Å². The Morgan fingerprint density at radius 2 is 2.00 bits per heavy atom. The van der Waals surface area contributed by atoms with E-state index in [-0.39, 0.29) is 36.6 Å². The van der Waals surface area contributed by atoms with Crippen molar-refractivity contribution < 1.29 is 4.79 Å². The first-order valence-electron chi connectivity index (χ1n) is 6.44. The first-order valence-corrected chi connectivity index (χ1v) is 6.44. The van der Waals surface area contributed by atoms with Gasteiger partial charge < -0.3 is 15.2 Å². The molecule has 1 heterocycles. The Morgan fingerprint density at radius 3 is 2.50 bits per heavy atom. The lowest BCUT2D eigenvalue weighted by Gasteiger charge is -2.16. The molecule has 0 bridgehead atoms. The van der Waals surface area contributed by atoms with Crippen LogP contribution in [0.1, 0.15) is 19.7 Å². The molecular weight excluding hydrogens is 299 g/mol. The quantitative estimate of drug-likeness (QED) is 0.801. The summed E-state index contributed by atoms with van der Waals surface area (Å²) in [7, 11) is 1.86. The summed E-state index contributed by atoms with van der Waals surface area (Å²) in [5, 5.41) is 5.99. The van der Waals surface area contributed by atoms with Crippen LogP contribution in [-0.2, 0) is 11.3 Å². The van der Waals surface area contributed by atoms with Crippen LogP contribution in [0, 0.1) is 18.8 Å². The smallest absolute Gasteiger partial charge is 0.224 e. The Bertz CT molecular complexity index is 384. The van der Waals surface area contributed by atoms with E-state index in [1.165, 1.54) is 0 Å². The number of nitrogens with one attached hydrogen (secondary N) is 2. The maximum absolute atomic E-state index is 11.7. The number of hydrogen-bond acceptors (Lipinski definition) is 3. The van der Waals surface area contributed by atoms with Crippen LogP contribution in [0.15, 0.2) is 12.4 Å². The fourth-order valence-corrected chi connectivity index (χ4v) is 1.84. The molecule has 2 unspecified atom stereocenters. The molecule has 2 N–H and O–H groups in total. The summed E-state index contributed by atoms with van der Waals surface area (Å²) >= 11 is 0. The molecule has 0 aliphatic carbocycles. The van der Waals surface area contributed by atoms with Crippen molar-refractivity contribution in [3.8, 4) is 0 Å². The SMILES string of the molecule is CNCC(C)C(=O)NCC(C)Cn1ccnc1C.Cl.Cl. The van der Waals surface area contributed by atoms with E-state index in [9.17, 15) is 4.79 Å². The van der Waals surface area contributed by atoms with E-state index < -0.39 is 0 Å². The second-order valence-electron chi connectivity index (χ2n) is 4.94. The van der Waals surface area contributed by atoms with Gasteiger partial charge in [-0.15, -0.1) is 24.8 Å². The largest absolute Gasteiger partial charge is 0.355 e. The van der Waals surface area contributed by atoms with Crippen molar-refractivity contribution in [2.24, 2.45) is 11.8 Å². The molecule has 1 aromatic rings. The van der Waals surface area contributed by atoms with Crippen molar-refractivity contribution in [1.82, 2.24) is 20.2 Å². The molecule has 0 radical (unpaired) electrons. The number of imidazole rings is 1. The van der Waals surface area contributed by atoms with Gasteiger partial charge in [0.05, 0.1) is 0 Å². The molecular formula is C13H26Cl2N4O. The third-order valence-corrected chi connectivity index (χ3v) is 3.01. The van der Waals surface area contributed by atoms with Gasteiger partial charge in [-0.1, -0.05) is 13.8 Å². The molecule has 0 fully saturated rings. The van der Waals surface area contributed by atoms with Crippen molar-refractivity contribution in [3.63, 3.8) is 0 Å². The maximum Gasteiger partial charge on any atom is 0.224 e. The van der Waals surface area contributed by atoms with Gasteiger partial charge in [0.2, 0.25) is 5.91 Å². The number of carbonyl (C=O) groups is 1. The van der Waals surface area contributed by atoms with Crippen LogP contribution in [0.3, 0.4) is 0 Å². The minimum absolute atomic E-state index is 0. The third-order valence-electron chi connectivity index (χ3n) is 3.01. The summed E-state index contributed by atoms with van der Waals surface area (Å²) in [6, 6.07) is 0. The number of amides is 1. The summed E-state index contributed by atoms with van der Waals surface area (Å²) in [4.78, 5) is 15.9. The van der Waals surface area contributed by atoms with Crippen molar-refractivity contribution in [2.75, 3.05) is 20.1 Å². The van der Waals surface area contributed by atoms with Crippen molar-refractivity contribution in [2.45, 2.75) is 27.3 Å². The Balaban J connectivity index is 0. The second-order valence-corrected chi connectivity index (χ2v) is 4.94. The lowest BCUT2D eigenvalue weighted by Crippen LogP contribution is -2.37. The third kappa shape index (κ3) is 7.12. The lowest BCUT2D eigenvalue weighted by molar-refractivity contribution is -0.124. The minimum atomic E-state index is 0. The van der Waals surface area contributed by atoms with E-state index in [1.807, 2.05) is 27.1 Å². The molecule has 0 saturated heterocycles. The molecule has 0 saturated carbocycles. The Morgan fingerprint density at radius 1 is 1.35 bits per heavy atom. The average molecular weight is 325 g/mol. The zero-order chi connectivity index (χ0) is 13.5. The number of hydrogen-bond donors (Lipinski definition) is 2. The van der Waals surface area contributed by atoms with Crippen LogP contribution in [0.2, 0.25) is 0 Å². The number of carbonyl (C=O) groups excluding carboxylic acids is 1. The summed E-state index contributed by atoms with van der Waals surface area (Å²) < 4.78 is 2.11. The Kier molecular flexibility index (Phi) is 11.8. The predicted molar refractivity (Wildman–Crippen MR) is 86.7 cm³/mol.